The first kappa shape index (κ1) is 32.5. The van der Waals surface area contributed by atoms with Crippen LogP contribution >= 0.6 is 0 Å². The average molecular weight is 572 g/mol. The Morgan fingerprint density at radius 1 is 0.925 bits per heavy atom. The zero-order chi connectivity index (χ0) is 29.4. The minimum Gasteiger partial charge on any atom is -0.488 e. The Morgan fingerprint density at radius 3 is 2.15 bits per heavy atom. The molecule has 5 nitrogen and oxygen atoms in total. The van der Waals surface area contributed by atoms with Gasteiger partial charge in [0.2, 0.25) is 0 Å². The summed E-state index contributed by atoms with van der Waals surface area (Å²) in [6.07, 6.45) is 7.02. The molecule has 1 heterocycles. The monoisotopic (exact) mass is 571 g/mol. The summed E-state index contributed by atoms with van der Waals surface area (Å²) in [6.45, 7) is 16.2. The number of unbranched alkanes of at least 4 members (excludes halogenated alkanes) is 2. The van der Waals surface area contributed by atoms with Gasteiger partial charge in [-0.15, -0.1) is 0 Å². The minimum absolute atomic E-state index is 0.00114. The molecule has 224 valence electrons. The van der Waals surface area contributed by atoms with Crippen molar-refractivity contribution < 1.29 is 17.6 Å². The summed E-state index contributed by atoms with van der Waals surface area (Å²) in [4.78, 5) is 2.58. The molecule has 0 saturated carbocycles. The van der Waals surface area contributed by atoms with Crippen molar-refractivity contribution in [1.82, 2.24) is 0 Å². The molecule has 6 heteroatoms. The van der Waals surface area contributed by atoms with Gasteiger partial charge >= 0.3 is 0 Å². The van der Waals surface area contributed by atoms with Gasteiger partial charge in [0.25, 0.3) is 0 Å². The van der Waals surface area contributed by atoms with Crippen molar-refractivity contribution in [3.05, 3.63) is 53.6 Å². The van der Waals surface area contributed by atoms with Crippen LogP contribution in [0.25, 0.3) is 0 Å². The van der Waals surface area contributed by atoms with Crippen LogP contribution in [0.2, 0.25) is 0 Å². The summed E-state index contributed by atoms with van der Waals surface area (Å²) >= 11 is 0. The van der Waals surface area contributed by atoms with Gasteiger partial charge in [0.1, 0.15) is 18.9 Å². The quantitative estimate of drug-likeness (QED) is 0.206. The molecule has 2 aromatic carbocycles. The van der Waals surface area contributed by atoms with Crippen molar-refractivity contribution in [2.24, 2.45) is 5.41 Å². The van der Waals surface area contributed by atoms with Crippen LogP contribution in [0, 0.1) is 5.41 Å². The zero-order valence-corrected chi connectivity index (χ0v) is 27.2. The Hall–Kier alpha value is -2.05. The number of anilines is 1. The minimum atomic E-state index is -3.43. The molecule has 0 saturated heterocycles. The van der Waals surface area contributed by atoms with Crippen LogP contribution in [0.3, 0.4) is 0 Å². The van der Waals surface area contributed by atoms with Gasteiger partial charge < -0.3 is 14.1 Å². The van der Waals surface area contributed by atoms with Crippen molar-refractivity contribution in [1.29, 1.82) is 0 Å². The third kappa shape index (κ3) is 7.61. The molecular formula is C34H55N2O3S+. The molecular weight excluding hydrogens is 516 g/mol. The third-order valence-corrected chi connectivity index (χ3v) is 11.6. The number of quaternary nitrogens is 1. The van der Waals surface area contributed by atoms with Crippen molar-refractivity contribution in [2.45, 2.75) is 90.4 Å². The van der Waals surface area contributed by atoms with Crippen LogP contribution in [0.4, 0.5) is 5.69 Å². The molecule has 40 heavy (non-hydrogen) atoms. The number of ether oxygens (including phenoxy) is 1. The van der Waals surface area contributed by atoms with E-state index in [1.54, 1.807) is 0 Å². The molecule has 0 radical (unpaired) electrons. The number of fused-ring (bicyclic) bond motifs is 1. The van der Waals surface area contributed by atoms with Crippen molar-refractivity contribution >= 4 is 15.5 Å². The number of rotatable bonds is 15. The molecule has 0 bridgehead atoms. The van der Waals surface area contributed by atoms with Gasteiger partial charge in [-0.1, -0.05) is 51.7 Å². The number of sulfone groups is 1. The number of hydrogen-bond acceptors (Lipinski definition) is 4. The first-order chi connectivity index (χ1) is 19.1. The Kier molecular flexibility index (Phi) is 11.5. The van der Waals surface area contributed by atoms with E-state index in [1.807, 2.05) is 32.3 Å². The lowest BCUT2D eigenvalue weighted by Crippen LogP contribution is -2.49. The summed E-state index contributed by atoms with van der Waals surface area (Å²) in [5, 5.41) is 0. The highest BCUT2D eigenvalue weighted by Crippen LogP contribution is 2.50. The fourth-order valence-corrected chi connectivity index (χ4v) is 8.85. The molecule has 1 atom stereocenters. The Bertz CT molecular complexity index is 1170. The first-order valence-electron chi connectivity index (χ1n) is 15.7. The van der Waals surface area contributed by atoms with Gasteiger partial charge in [-0.2, -0.15) is 0 Å². The summed E-state index contributed by atoms with van der Waals surface area (Å²) in [7, 11) is 0.605. The molecule has 0 aliphatic carbocycles. The van der Waals surface area contributed by atoms with Crippen molar-refractivity contribution in [2.75, 3.05) is 57.5 Å². The second kappa shape index (κ2) is 14.2. The van der Waals surface area contributed by atoms with E-state index in [2.05, 4.69) is 63.8 Å². The topological polar surface area (TPSA) is 46.6 Å². The van der Waals surface area contributed by atoms with Crippen LogP contribution in [0.5, 0.6) is 5.75 Å². The molecule has 0 fully saturated rings. The molecule has 0 amide bonds. The maximum Gasteiger partial charge on any atom is 0.179 e. The van der Waals surface area contributed by atoms with Gasteiger partial charge in [-0.3, -0.25) is 0 Å². The van der Waals surface area contributed by atoms with Gasteiger partial charge in [-0.05, 0) is 86.9 Å². The predicted molar refractivity (Wildman–Crippen MR) is 169 cm³/mol. The number of nitrogens with zero attached hydrogens (tertiary/aromatic N) is 2. The Labute approximate surface area is 245 Å². The van der Waals surface area contributed by atoms with E-state index in [1.165, 1.54) is 0 Å². The standard InChI is InChI=1S/C34H55N2O3S/c1-8-13-20-34(21-14-9-2)26-32(31-25-29(35(6)7)18-19-33(31)40(37,38)27-34)28-16-15-17-30(24-28)39-23-22-36(10-3,11-4)12-5/h15-19,24-25,32H,8-14,20-23,26-27H2,1-7H3/q+1/t32-/m1/s1. The largest absolute Gasteiger partial charge is 0.488 e. The molecule has 1 aliphatic heterocycles. The molecule has 3 rings (SSSR count). The molecule has 1 aliphatic rings. The maximum absolute atomic E-state index is 14.0. The molecule has 0 N–H and O–H groups in total. The van der Waals surface area contributed by atoms with E-state index in [0.29, 0.717) is 11.5 Å². The zero-order valence-electron chi connectivity index (χ0n) is 26.3. The highest BCUT2D eigenvalue weighted by Gasteiger charge is 2.43. The predicted octanol–water partition coefficient (Wildman–Crippen LogP) is 7.68. The number of benzene rings is 2. The van der Waals surface area contributed by atoms with Crippen molar-refractivity contribution in [3.63, 3.8) is 0 Å². The normalized spacial score (nSPS) is 18.1. The summed E-state index contributed by atoms with van der Waals surface area (Å²) in [6, 6.07) is 14.4. The van der Waals surface area contributed by atoms with Crippen LogP contribution in [0.15, 0.2) is 47.4 Å². The summed E-state index contributed by atoms with van der Waals surface area (Å²) in [5.74, 6) is 1.12. The molecule has 2 aromatic rings. The van der Waals surface area contributed by atoms with Crippen LogP contribution in [-0.4, -0.2) is 65.5 Å². The summed E-state index contributed by atoms with van der Waals surface area (Å²) < 4.78 is 35.5. The van der Waals surface area contributed by atoms with E-state index >= 15 is 0 Å². The maximum atomic E-state index is 14.0. The Morgan fingerprint density at radius 2 is 1.57 bits per heavy atom. The number of hydrogen-bond donors (Lipinski definition) is 0. The van der Waals surface area contributed by atoms with E-state index in [0.717, 1.165) is 98.2 Å². The second-order valence-electron chi connectivity index (χ2n) is 12.3. The fraction of sp³-hybridized carbons (Fsp3) is 0.647. The average Bonchev–Trinajstić information content (AvgIpc) is 3.05. The molecule has 0 unspecified atom stereocenters. The summed E-state index contributed by atoms with van der Waals surface area (Å²) in [5.41, 5.74) is 2.90. The lowest BCUT2D eigenvalue weighted by atomic mass is 9.70. The second-order valence-corrected chi connectivity index (χ2v) is 14.2. The third-order valence-electron chi connectivity index (χ3n) is 9.58. The van der Waals surface area contributed by atoms with E-state index in [4.69, 9.17) is 4.74 Å². The lowest BCUT2D eigenvalue weighted by molar-refractivity contribution is -0.923. The molecule has 0 aromatic heterocycles. The van der Waals surface area contributed by atoms with Crippen LogP contribution in [-0.2, 0) is 9.84 Å². The number of likely N-dealkylation sites (N-methyl/N-ethyl adjacent to an activating group) is 1. The highest BCUT2D eigenvalue weighted by molar-refractivity contribution is 7.91. The first-order valence-corrected chi connectivity index (χ1v) is 17.3. The van der Waals surface area contributed by atoms with Gasteiger partial charge in [0.15, 0.2) is 9.84 Å². The smallest absolute Gasteiger partial charge is 0.179 e. The van der Waals surface area contributed by atoms with Crippen molar-refractivity contribution in [3.8, 4) is 5.75 Å². The van der Waals surface area contributed by atoms with Crippen LogP contribution < -0.4 is 9.64 Å². The SMILES string of the molecule is CCCCC1(CCCC)C[C@H](c2cccc(OCC[N+](CC)(CC)CC)c2)c2cc(N(C)C)ccc2S(=O)(=O)C1. The van der Waals surface area contributed by atoms with Gasteiger partial charge in [0, 0.05) is 25.7 Å². The molecule has 0 spiro atoms. The van der Waals surface area contributed by atoms with Crippen LogP contribution in [0.1, 0.15) is 96.6 Å². The van der Waals surface area contributed by atoms with Gasteiger partial charge in [-0.25, -0.2) is 8.42 Å². The van der Waals surface area contributed by atoms with E-state index in [-0.39, 0.29) is 17.1 Å². The lowest BCUT2D eigenvalue weighted by Gasteiger charge is -2.36. The highest BCUT2D eigenvalue weighted by atomic mass is 32.2. The fourth-order valence-electron chi connectivity index (χ4n) is 6.65. The Balaban J connectivity index is 2.08. The van der Waals surface area contributed by atoms with E-state index in [9.17, 15) is 8.42 Å². The van der Waals surface area contributed by atoms with Gasteiger partial charge in [0.05, 0.1) is 30.3 Å². The van der Waals surface area contributed by atoms with E-state index < -0.39 is 9.84 Å².